The molecule has 3 atom stereocenters. The Bertz CT molecular complexity index is 1280. The van der Waals surface area contributed by atoms with Gasteiger partial charge in [-0.05, 0) is 42.0 Å². The maximum Gasteiger partial charge on any atom is 0.326 e. The highest BCUT2D eigenvalue weighted by atomic mass is 19.1. The summed E-state index contributed by atoms with van der Waals surface area (Å²) in [6.45, 7) is 3.80. The van der Waals surface area contributed by atoms with E-state index in [0.717, 1.165) is 0 Å². The molecule has 1 aliphatic rings. The number of benzene rings is 2. The van der Waals surface area contributed by atoms with E-state index in [9.17, 15) is 23.9 Å². The van der Waals surface area contributed by atoms with Crippen molar-refractivity contribution in [3.63, 3.8) is 0 Å². The van der Waals surface area contributed by atoms with Gasteiger partial charge in [0.25, 0.3) is 0 Å². The maximum atomic E-state index is 14.9. The van der Waals surface area contributed by atoms with Crippen molar-refractivity contribution >= 4 is 22.9 Å². The first kappa shape index (κ1) is 22.8. The highest BCUT2D eigenvalue weighted by Gasteiger charge is 2.38. The molecule has 3 aromatic rings. The molecule has 0 radical (unpaired) electrons. The molecule has 8 heteroatoms. The number of aryl methyl sites for hydroxylation is 1. The lowest BCUT2D eigenvalue weighted by Gasteiger charge is -2.24. The third kappa shape index (κ3) is 4.17. The summed E-state index contributed by atoms with van der Waals surface area (Å²) in [5, 5.41) is 12.5. The Balaban J connectivity index is 1.81. The van der Waals surface area contributed by atoms with Crippen LogP contribution in [0.15, 0.2) is 41.2 Å². The van der Waals surface area contributed by atoms with Crippen molar-refractivity contribution < 1.29 is 19.1 Å². The van der Waals surface area contributed by atoms with Crippen molar-refractivity contribution in [3.05, 3.63) is 69.4 Å². The number of carboxylic acid groups (broad SMARTS) is 1. The van der Waals surface area contributed by atoms with E-state index in [2.05, 4.69) is 10.3 Å². The Morgan fingerprint density at radius 2 is 1.88 bits per heavy atom. The van der Waals surface area contributed by atoms with E-state index < -0.39 is 23.8 Å². The smallest absolute Gasteiger partial charge is 0.326 e. The molecule has 0 aliphatic heterocycles. The van der Waals surface area contributed by atoms with Crippen LogP contribution in [-0.4, -0.2) is 26.5 Å². The summed E-state index contributed by atoms with van der Waals surface area (Å²) in [6.07, 6.45) is 1.61. The molecule has 0 bridgehead atoms. The van der Waals surface area contributed by atoms with E-state index in [-0.39, 0.29) is 23.3 Å². The summed E-state index contributed by atoms with van der Waals surface area (Å²) in [5.74, 6) is -3.13. The number of imidazole rings is 1. The molecule has 1 saturated carbocycles. The van der Waals surface area contributed by atoms with Crippen molar-refractivity contribution in [1.29, 1.82) is 0 Å². The second-order valence-corrected chi connectivity index (χ2v) is 9.09. The van der Waals surface area contributed by atoms with Gasteiger partial charge in [-0.25, -0.2) is 9.18 Å². The number of nitrogens with one attached hydrogen (secondary N) is 2. The standard InChI is InChI=1S/C25H28FN3O4/c1-13(2)15-11-10-14(12-19(15)26)21(27-23(30)16-6-4-7-17(16)24(31)32)18-8-5-9-20-22(18)28-25(33)29(20)3/h5,8-13,16-17,21H,4,6-7H2,1-3H3,(H,27,30)(H,28,33)(H,31,32)/t16-,17+,21-/m1/s1. The van der Waals surface area contributed by atoms with E-state index in [4.69, 9.17) is 0 Å². The Kier molecular flexibility index (Phi) is 6.10. The van der Waals surface area contributed by atoms with Gasteiger partial charge in [0.1, 0.15) is 5.82 Å². The van der Waals surface area contributed by atoms with Gasteiger partial charge in [0.05, 0.1) is 28.9 Å². The van der Waals surface area contributed by atoms with Gasteiger partial charge in [-0.3, -0.25) is 14.2 Å². The number of rotatable bonds is 6. The van der Waals surface area contributed by atoms with Crippen LogP contribution in [0.3, 0.4) is 0 Å². The van der Waals surface area contributed by atoms with Crippen LogP contribution in [0.5, 0.6) is 0 Å². The van der Waals surface area contributed by atoms with Gasteiger partial charge in [0, 0.05) is 12.6 Å². The summed E-state index contributed by atoms with van der Waals surface area (Å²) >= 11 is 0. The lowest BCUT2D eigenvalue weighted by molar-refractivity contribution is -0.146. The molecule has 1 heterocycles. The molecule has 0 saturated heterocycles. The van der Waals surface area contributed by atoms with Gasteiger partial charge in [-0.2, -0.15) is 0 Å². The Labute approximate surface area is 190 Å². The number of aliphatic carboxylic acids is 1. The second-order valence-electron chi connectivity index (χ2n) is 9.09. The quantitative estimate of drug-likeness (QED) is 0.528. The molecular formula is C25H28FN3O4. The van der Waals surface area contributed by atoms with Crippen molar-refractivity contribution in [1.82, 2.24) is 14.9 Å². The normalized spacial score (nSPS) is 19.2. The number of nitrogens with zero attached hydrogens (tertiary/aromatic N) is 1. The van der Waals surface area contributed by atoms with Gasteiger partial charge in [0.2, 0.25) is 5.91 Å². The number of carbonyl (C=O) groups is 2. The molecule has 3 N–H and O–H groups in total. The van der Waals surface area contributed by atoms with Crippen LogP contribution in [0.1, 0.15) is 61.8 Å². The zero-order chi connectivity index (χ0) is 23.9. The molecule has 1 aromatic heterocycles. The molecule has 1 aliphatic carbocycles. The average Bonchev–Trinajstić information content (AvgIpc) is 3.37. The van der Waals surface area contributed by atoms with Gasteiger partial charge < -0.3 is 15.4 Å². The number of carbonyl (C=O) groups excluding carboxylic acids is 1. The van der Waals surface area contributed by atoms with Crippen LogP contribution in [-0.2, 0) is 16.6 Å². The van der Waals surface area contributed by atoms with Crippen molar-refractivity contribution in [3.8, 4) is 0 Å². The number of carboxylic acids is 1. The molecule has 0 spiro atoms. The predicted octanol–water partition coefficient (Wildman–Crippen LogP) is 3.84. The fourth-order valence-corrected chi connectivity index (χ4v) is 4.86. The monoisotopic (exact) mass is 453 g/mol. The molecule has 1 fully saturated rings. The maximum absolute atomic E-state index is 14.9. The molecule has 33 heavy (non-hydrogen) atoms. The van der Waals surface area contributed by atoms with Crippen molar-refractivity contribution in [2.24, 2.45) is 18.9 Å². The molecule has 2 aromatic carbocycles. The number of hydrogen-bond acceptors (Lipinski definition) is 3. The topological polar surface area (TPSA) is 104 Å². The first-order valence-corrected chi connectivity index (χ1v) is 11.2. The van der Waals surface area contributed by atoms with Crippen LogP contribution >= 0.6 is 0 Å². The zero-order valence-corrected chi connectivity index (χ0v) is 18.9. The number of fused-ring (bicyclic) bond motifs is 1. The lowest BCUT2D eigenvalue weighted by Crippen LogP contribution is -2.38. The number of hydrogen-bond donors (Lipinski definition) is 3. The fourth-order valence-electron chi connectivity index (χ4n) is 4.86. The first-order valence-electron chi connectivity index (χ1n) is 11.2. The second kappa shape index (κ2) is 8.84. The minimum atomic E-state index is -0.981. The fraction of sp³-hybridized carbons (Fsp3) is 0.400. The molecule has 1 amide bonds. The summed E-state index contributed by atoms with van der Waals surface area (Å²) in [5.41, 5.74) is 2.60. The average molecular weight is 454 g/mol. The largest absolute Gasteiger partial charge is 0.481 e. The van der Waals surface area contributed by atoms with Crippen LogP contribution in [0.25, 0.3) is 11.0 Å². The minimum absolute atomic E-state index is 0.00388. The first-order chi connectivity index (χ1) is 15.7. The van der Waals surface area contributed by atoms with Gasteiger partial charge in [0.15, 0.2) is 0 Å². The van der Waals surface area contributed by atoms with Crippen molar-refractivity contribution in [2.75, 3.05) is 0 Å². The number of aromatic nitrogens is 2. The number of amides is 1. The SMILES string of the molecule is CC(C)c1ccc([C@@H](NC(=O)[C@@H]2CCC[C@@H]2C(=O)O)c2cccc3c2[nH]c(=O)n3C)cc1F. The highest BCUT2D eigenvalue weighted by Crippen LogP contribution is 2.35. The minimum Gasteiger partial charge on any atom is -0.481 e. The third-order valence-corrected chi connectivity index (χ3v) is 6.72. The van der Waals surface area contributed by atoms with Gasteiger partial charge in [-0.1, -0.05) is 44.5 Å². The molecular weight excluding hydrogens is 425 g/mol. The predicted molar refractivity (Wildman–Crippen MR) is 122 cm³/mol. The highest BCUT2D eigenvalue weighted by molar-refractivity contribution is 5.87. The molecule has 174 valence electrons. The van der Waals surface area contributed by atoms with E-state index in [1.165, 1.54) is 10.6 Å². The third-order valence-electron chi connectivity index (χ3n) is 6.72. The number of para-hydroxylation sites is 1. The number of H-pyrrole nitrogens is 1. The van der Waals surface area contributed by atoms with Crippen LogP contribution < -0.4 is 11.0 Å². The summed E-state index contributed by atoms with van der Waals surface area (Å²) in [6, 6.07) is 9.47. The van der Waals surface area contributed by atoms with E-state index >= 15 is 0 Å². The Morgan fingerprint density at radius 3 is 2.55 bits per heavy atom. The summed E-state index contributed by atoms with van der Waals surface area (Å²) in [4.78, 5) is 40.0. The van der Waals surface area contributed by atoms with E-state index in [0.29, 0.717) is 47.0 Å². The van der Waals surface area contributed by atoms with E-state index in [1.54, 1.807) is 37.4 Å². The lowest BCUT2D eigenvalue weighted by atomic mass is 9.91. The number of aromatic amines is 1. The molecule has 0 unspecified atom stereocenters. The van der Waals surface area contributed by atoms with Gasteiger partial charge >= 0.3 is 11.7 Å². The van der Waals surface area contributed by atoms with Crippen molar-refractivity contribution in [2.45, 2.75) is 45.1 Å². The molecule has 4 rings (SSSR count). The zero-order valence-electron chi connectivity index (χ0n) is 18.9. The summed E-state index contributed by atoms with van der Waals surface area (Å²) in [7, 11) is 1.64. The van der Waals surface area contributed by atoms with Crippen LogP contribution in [0, 0.1) is 17.7 Å². The Morgan fingerprint density at radius 1 is 1.15 bits per heavy atom. The summed E-state index contributed by atoms with van der Waals surface area (Å²) < 4.78 is 16.4. The number of halogens is 1. The Hall–Kier alpha value is -3.42. The van der Waals surface area contributed by atoms with E-state index in [1.807, 2.05) is 13.8 Å². The van der Waals surface area contributed by atoms with Crippen LogP contribution in [0.2, 0.25) is 0 Å². The van der Waals surface area contributed by atoms with Crippen LogP contribution in [0.4, 0.5) is 4.39 Å². The van der Waals surface area contributed by atoms with Gasteiger partial charge in [-0.15, -0.1) is 0 Å². The molecule has 7 nitrogen and oxygen atoms in total.